The Kier molecular flexibility index (Phi) is 0.575. The number of hydrogen-bond acceptors (Lipinski definition) is 0. The molecule has 0 spiro atoms. The van der Waals surface area contributed by atoms with Crippen LogP contribution in [-0.4, -0.2) is 4.40 Å². The molecule has 0 aliphatic carbocycles. The van der Waals surface area contributed by atoms with Crippen LogP contribution in [0.4, 0.5) is 0 Å². The molecule has 3 rings (SSSR count). The Hall–Kier alpha value is -1.24. The minimum Gasteiger partial charge on any atom is -0.314 e. The molecule has 1 heteroatoms. The molecule has 0 saturated heterocycles. The van der Waals surface area contributed by atoms with E-state index in [0.29, 0.717) is 0 Å². The van der Waals surface area contributed by atoms with E-state index < -0.39 is 0 Å². The van der Waals surface area contributed by atoms with Crippen molar-refractivity contribution < 1.29 is 0 Å². The van der Waals surface area contributed by atoms with Gasteiger partial charge in [-0.3, -0.25) is 0 Å². The fourth-order valence-electron chi connectivity index (χ4n) is 1.71. The van der Waals surface area contributed by atoms with Crippen LogP contribution in [0.5, 0.6) is 0 Å². The summed E-state index contributed by atoms with van der Waals surface area (Å²) in [7, 11) is 0. The van der Waals surface area contributed by atoms with Crippen molar-refractivity contribution in [2.24, 2.45) is 0 Å². The highest BCUT2D eigenvalue weighted by atomic mass is 14.9. The molecule has 0 N–H and O–H groups in total. The van der Waals surface area contributed by atoms with Crippen molar-refractivity contribution in [1.29, 1.82) is 0 Å². The number of nitrogens with zero attached hydrogens (tertiary/aromatic N) is 1. The maximum absolute atomic E-state index is 2.31. The zero-order chi connectivity index (χ0) is 6.55. The summed E-state index contributed by atoms with van der Waals surface area (Å²) in [4.78, 5) is 0. The second-order valence-corrected chi connectivity index (χ2v) is 2.75. The first kappa shape index (κ1) is 4.56. The summed E-state index contributed by atoms with van der Waals surface area (Å²) < 4.78 is 2.31. The van der Waals surface area contributed by atoms with Gasteiger partial charge in [-0.2, -0.15) is 0 Å². The van der Waals surface area contributed by atoms with E-state index in [4.69, 9.17) is 0 Å². The summed E-state index contributed by atoms with van der Waals surface area (Å²) in [5.74, 6) is 0. The third-order valence-corrected chi connectivity index (χ3v) is 2.20. The molecule has 0 unspecified atom stereocenters. The van der Waals surface area contributed by atoms with E-state index >= 15 is 0 Å². The lowest BCUT2D eigenvalue weighted by molar-refractivity contribution is 1.11. The van der Waals surface area contributed by atoms with E-state index in [1.165, 1.54) is 16.6 Å². The monoisotopic (exact) mass is 129 g/mol. The molecule has 0 radical (unpaired) electrons. The molecular weight excluding hydrogens is 122 g/mol. The predicted octanol–water partition coefficient (Wildman–Crippen LogP) is 0.995. The third-order valence-electron chi connectivity index (χ3n) is 2.20. The van der Waals surface area contributed by atoms with Gasteiger partial charge in [0.05, 0.1) is 0 Å². The Balaban J connectivity index is 2.82. The van der Waals surface area contributed by atoms with Gasteiger partial charge in [0, 0.05) is 23.0 Å². The Morgan fingerprint density at radius 1 is 1.10 bits per heavy atom. The quantitative estimate of drug-likeness (QED) is 0.499. The van der Waals surface area contributed by atoms with Gasteiger partial charge in [0.25, 0.3) is 0 Å². The van der Waals surface area contributed by atoms with Gasteiger partial charge in [-0.15, -0.1) is 0 Å². The normalized spacial score (nSPS) is 14.4. The molecule has 48 valence electrons. The Morgan fingerprint density at radius 3 is 3.00 bits per heavy atom. The molecule has 0 saturated carbocycles. The molecule has 0 atom stereocenters. The highest BCUT2D eigenvalue weighted by Crippen LogP contribution is 2.12. The highest BCUT2D eigenvalue weighted by Gasteiger charge is 2.06. The zero-order valence-corrected chi connectivity index (χ0v) is 5.54. The Labute approximate surface area is 58.6 Å². The first-order chi connectivity index (χ1) is 4.95. The molecule has 0 bridgehead atoms. The van der Waals surface area contributed by atoms with Crippen LogP contribution in [0.15, 0.2) is 24.3 Å². The second-order valence-electron chi connectivity index (χ2n) is 2.75. The van der Waals surface area contributed by atoms with Crippen LogP contribution < -0.4 is 5.35 Å². The summed E-state index contributed by atoms with van der Waals surface area (Å²) in [5, 5.41) is 1.36. The van der Waals surface area contributed by atoms with Gasteiger partial charge in [-0.1, -0.05) is 6.08 Å². The van der Waals surface area contributed by atoms with Gasteiger partial charge in [0.1, 0.15) is 0 Å². The fourth-order valence-corrected chi connectivity index (χ4v) is 1.71. The van der Waals surface area contributed by atoms with Crippen LogP contribution in [0.3, 0.4) is 0 Å². The van der Waals surface area contributed by atoms with E-state index in [2.05, 4.69) is 34.7 Å². The van der Waals surface area contributed by atoms with Crippen molar-refractivity contribution in [1.82, 2.24) is 4.40 Å². The lowest BCUT2D eigenvalue weighted by Crippen LogP contribution is -2.01. The molecule has 1 aliphatic heterocycles. The lowest BCUT2D eigenvalue weighted by Gasteiger charge is -1.84. The van der Waals surface area contributed by atoms with E-state index in [9.17, 15) is 0 Å². The molecule has 0 amide bonds. The molecule has 2 aromatic rings. The minimum absolute atomic E-state index is 1.11. The summed E-state index contributed by atoms with van der Waals surface area (Å²) >= 11 is 0. The standard InChI is InChI=1S/C9H7N/c1-2-8-5-6-9-4-3-7(1)10(8)9/h1-5H,6H2. The molecule has 0 aromatic carbocycles. The molecule has 1 aliphatic rings. The topological polar surface area (TPSA) is 4.41 Å². The van der Waals surface area contributed by atoms with Crippen LogP contribution in [0.1, 0.15) is 5.69 Å². The average Bonchev–Trinajstić information content (AvgIpc) is 2.56. The van der Waals surface area contributed by atoms with Crippen LogP contribution >= 0.6 is 0 Å². The van der Waals surface area contributed by atoms with Crippen LogP contribution in [0.2, 0.25) is 0 Å². The van der Waals surface area contributed by atoms with Crippen LogP contribution in [-0.2, 0) is 6.42 Å². The van der Waals surface area contributed by atoms with E-state index in [0.717, 1.165) is 6.42 Å². The molecule has 3 heterocycles. The van der Waals surface area contributed by atoms with Crippen molar-refractivity contribution in [2.75, 3.05) is 0 Å². The average molecular weight is 129 g/mol. The first-order valence-electron chi connectivity index (χ1n) is 3.54. The first-order valence-corrected chi connectivity index (χ1v) is 3.54. The van der Waals surface area contributed by atoms with Crippen LogP contribution in [0.25, 0.3) is 11.6 Å². The van der Waals surface area contributed by atoms with Gasteiger partial charge in [-0.25, -0.2) is 0 Å². The van der Waals surface area contributed by atoms with Crippen molar-refractivity contribution in [3.8, 4) is 0 Å². The van der Waals surface area contributed by atoms with E-state index in [1.807, 2.05) is 0 Å². The SMILES string of the molecule is C1=c2ccc3ccc(n23)C1. The summed E-state index contributed by atoms with van der Waals surface area (Å²) in [5.41, 5.74) is 2.76. The maximum Gasteiger partial charge on any atom is 0.0459 e. The minimum atomic E-state index is 1.11. The highest BCUT2D eigenvalue weighted by molar-refractivity contribution is 5.56. The molecule has 1 nitrogen and oxygen atoms in total. The number of rotatable bonds is 0. The van der Waals surface area contributed by atoms with Gasteiger partial charge in [0.15, 0.2) is 0 Å². The smallest absolute Gasteiger partial charge is 0.0459 e. The zero-order valence-electron chi connectivity index (χ0n) is 5.54. The molecule has 10 heavy (non-hydrogen) atoms. The number of aromatic nitrogens is 1. The van der Waals surface area contributed by atoms with Crippen molar-refractivity contribution in [2.45, 2.75) is 6.42 Å². The predicted molar refractivity (Wildman–Crippen MR) is 40.8 cm³/mol. The van der Waals surface area contributed by atoms with Crippen LogP contribution in [0, 0.1) is 0 Å². The molecule has 2 aromatic heterocycles. The van der Waals surface area contributed by atoms with Crippen molar-refractivity contribution >= 4 is 11.6 Å². The maximum atomic E-state index is 2.31. The number of hydrogen-bond donors (Lipinski definition) is 0. The molecule has 0 fully saturated rings. The van der Waals surface area contributed by atoms with Gasteiger partial charge in [0.2, 0.25) is 0 Å². The lowest BCUT2D eigenvalue weighted by atomic mass is 10.3. The van der Waals surface area contributed by atoms with Gasteiger partial charge in [-0.05, 0) is 24.3 Å². The summed E-state index contributed by atoms with van der Waals surface area (Å²) in [6.45, 7) is 0. The van der Waals surface area contributed by atoms with Gasteiger partial charge >= 0.3 is 0 Å². The van der Waals surface area contributed by atoms with E-state index in [1.54, 1.807) is 0 Å². The Morgan fingerprint density at radius 2 is 2.00 bits per heavy atom. The van der Waals surface area contributed by atoms with Gasteiger partial charge < -0.3 is 4.40 Å². The molecular formula is C9H7N. The summed E-state index contributed by atoms with van der Waals surface area (Å²) in [6.07, 6.45) is 3.38. The second kappa shape index (κ2) is 1.26. The Bertz CT molecular complexity index is 436. The fraction of sp³-hybridized carbons (Fsp3) is 0.111. The third kappa shape index (κ3) is 0.338. The largest absolute Gasteiger partial charge is 0.314 e. The van der Waals surface area contributed by atoms with Crippen molar-refractivity contribution in [3.05, 3.63) is 35.3 Å². The van der Waals surface area contributed by atoms with E-state index in [-0.39, 0.29) is 0 Å². The van der Waals surface area contributed by atoms with Crippen molar-refractivity contribution in [3.63, 3.8) is 0 Å². The summed E-state index contributed by atoms with van der Waals surface area (Å²) in [6, 6.07) is 8.70.